The Kier molecular flexibility index (Phi) is 10.6. The third-order valence-electron chi connectivity index (χ3n) is 6.21. The number of benzene rings is 3. The average Bonchev–Trinajstić information content (AvgIpc) is 2.98. The summed E-state index contributed by atoms with van der Waals surface area (Å²) in [5.41, 5.74) is 5.96. The quantitative estimate of drug-likeness (QED) is 0.103. The van der Waals surface area contributed by atoms with Crippen molar-refractivity contribution < 1.29 is 17.4 Å². The summed E-state index contributed by atoms with van der Waals surface area (Å²) in [4.78, 5) is 37.5. The predicted octanol–water partition coefficient (Wildman–Crippen LogP) is 6.80. The number of aromatic nitrogens is 2. The maximum atomic E-state index is 13.2. The molecule has 0 bridgehead atoms. The van der Waals surface area contributed by atoms with Crippen LogP contribution >= 0.6 is 20.2 Å². The number of unbranched alkanes of at least 4 members (excludes halogenated alkanes) is 1. The molecule has 0 radical (unpaired) electrons. The van der Waals surface area contributed by atoms with Gasteiger partial charge in [-0.2, -0.15) is 0 Å². The van der Waals surface area contributed by atoms with E-state index < -0.39 is 20.2 Å². The molecular formula is C32H34IN3O4. The summed E-state index contributed by atoms with van der Waals surface area (Å²) < 4.78 is 11.3. The zero-order chi connectivity index (χ0) is 28.3. The number of amides is 1. The van der Waals surface area contributed by atoms with Crippen LogP contribution in [0, 0.1) is 0 Å². The van der Waals surface area contributed by atoms with Gasteiger partial charge in [0, 0.05) is 18.0 Å². The molecule has 1 N–H and O–H groups in total. The van der Waals surface area contributed by atoms with Gasteiger partial charge >= 0.3 is 128 Å². The van der Waals surface area contributed by atoms with Crippen LogP contribution in [-0.2, 0) is 9.49 Å². The number of carbonyl (C=O) groups is 2. The Balaban J connectivity index is 1.38. The second-order valence-electron chi connectivity index (χ2n) is 9.37. The van der Waals surface area contributed by atoms with E-state index >= 15 is 0 Å². The van der Waals surface area contributed by atoms with E-state index in [1.54, 1.807) is 24.5 Å². The van der Waals surface area contributed by atoms with Crippen molar-refractivity contribution in [1.82, 2.24) is 15.3 Å². The molecule has 4 aromatic rings. The fourth-order valence-corrected chi connectivity index (χ4v) is 5.10. The fourth-order valence-electron chi connectivity index (χ4n) is 4.05. The topological polar surface area (TPSA) is 90.4 Å². The summed E-state index contributed by atoms with van der Waals surface area (Å²) in [7, 11) is 0. The van der Waals surface area contributed by atoms with Crippen molar-refractivity contribution in [3.05, 3.63) is 102 Å². The molecule has 0 spiro atoms. The average molecular weight is 652 g/mol. The number of rotatable bonds is 12. The summed E-state index contributed by atoms with van der Waals surface area (Å²) >= 11 is -1.58. The molecule has 0 fully saturated rings. The van der Waals surface area contributed by atoms with Gasteiger partial charge in [0.15, 0.2) is 0 Å². The first kappa shape index (κ1) is 29.2. The van der Waals surface area contributed by atoms with E-state index in [1.807, 2.05) is 40.2 Å². The van der Waals surface area contributed by atoms with Gasteiger partial charge < -0.3 is 10.1 Å². The van der Waals surface area contributed by atoms with Crippen LogP contribution < -0.4 is 10.1 Å². The molecule has 0 saturated heterocycles. The summed E-state index contributed by atoms with van der Waals surface area (Å²) in [5, 5.41) is 3.04. The molecule has 8 heteroatoms. The minimum absolute atomic E-state index is 0.180. The number of hydrogen-bond acceptors (Lipinski definition) is 6. The Morgan fingerprint density at radius 2 is 1.50 bits per heavy atom. The van der Waals surface area contributed by atoms with E-state index in [1.165, 1.54) is 6.33 Å². The van der Waals surface area contributed by atoms with Crippen LogP contribution in [0.25, 0.3) is 22.3 Å². The molecule has 0 aliphatic carbocycles. The van der Waals surface area contributed by atoms with Crippen LogP contribution in [0.5, 0.6) is 5.75 Å². The van der Waals surface area contributed by atoms with Gasteiger partial charge in [-0.25, -0.2) is 9.97 Å². The summed E-state index contributed by atoms with van der Waals surface area (Å²) in [6.07, 6.45) is 7.55. The molecule has 1 amide bonds. The third-order valence-corrected chi connectivity index (χ3v) is 7.49. The molecule has 1 aromatic heterocycles. The Morgan fingerprint density at radius 1 is 0.850 bits per heavy atom. The molecule has 0 aliphatic heterocycles. The van der Waals surface area contributed by atoms with Crippen LogP contribution in [0.4, 0.5) is 0 Å². The third kappa shape index (κ3) is 8.11. The number of carbonyl (C=O) groups excluding carboxylic acids is 2. The zero-order valence-corrected chi connectivity index (χ0v) is 25.2. The first-order valence-corrected chi connectivity index (χ1v) is 18.4. The van der Waals surface area contributed by atoms with Gasteiger partial charge in [0.1, 0.15) is 12.1 Å². The summed E-state index contributed by atoms with van der Waals surface area (Å²) in [6.45, 7) is 3.15. The SMILES string of the molecule is CCCCOc1ccc(-c2cncnc2)cc1C(=O)NCCc1ccc(-c2ccc(C(=O)OI(C)C)cc2)cc1. The summed E-state index contributed by atoms with van der Waals surface area (Å²) in [6, 6.07) is 21.3. The second kappa shape index (κ2) is 14.6. The molecule has 4 rings (SSSR count). The number of nitrogens with one attached hydrogen (secondary N) is 1. The van der Waals surface area contributed by atoms with Crippen molar-refractivity contribution in [2.75, 3.05) is 23.0 Å². The second-order valence-corrected chi connectivity index (χ2v) is 13.7. The molecule has 0 unspecified atom stereocenters. The maximum absolute atomic E-state index is 13.2. The number of hydrogen-bond donors (Lipinski definition) is 1. The standard InChI is InChI=1S/C32H34IN3O4/c1-4-5-18-39-30-15-14-27(28-20-34-22-35-21-28)19-29(30)31(37)36-17-16-23-6-8-24(9-7-23)25-10-12-26(13-11-25)32(38)40-33(2)3/h6-15,19-22H,4-5,16-18H2,1-3H3,(H,36,37). The molecule has 0 saturated carbocycles. The normalized spacial score (nSPS) is 11.0. The predicted molar refractivity (Wildman–Crippen MR) is 167 cm³/mol. The van der Waals surface area contributed by atoms with E-state index in [9.17, 15) is 9.59 Å². The van der Waals surface area contributed by atoms with Gasteiger partial charge in [0.25, 0.3) is 5.91 Å². The van der Waals surface area contributed by atoms with Gasteiger partial charge in [-0.3, -0.25) is 4.79 Å². The first-order chi connectivity index (χ1) is 19.4. The molecule has 1 heterocycles. The Hall–Kier alpha value is -3.79. The zero-order valence-electron chi connectivity index (χ0n) is 23.0. The van der Waals surface area contributed by atoms with Crippen molar-refractivity contribution in [3.8, 4) is 28.0 Å². The van der Waals surface area contributed by atoms with Crippen molar-refractivity contribution in [2.45, 2.75) is 26.2 Å². The fraction of sp³-hybridized carbons (Fsp3) is 0.250. The molecule has 3 aromatic carbocycles. The van der Waals surface area contributed by atoms with E-state index in [4.69, 9.17) is 7.80 Å². The molecule has 208 valence electrons. The van der Waals surface area contributed by atoms with Gasteiger partial charge in [0.2, 0.25) is 0 Å². The number of nitrogens with zero attached hydrogens (tertiary/aromatic N) is 2. The van der Waals surface area contributed by atoms with Gasteiger partial charge in [-0.1, -0.05) is 19.4 Å². The van der Waals surface area contributed by atoms with Gasteiger partial charge in [-0.15, -0.1) is 0 Å². The van der Waals surface area contributed by atoms with E-state index in [2.05, 4.69) is 46.5 Å². The van der Waals surface area contributed by atoms with Crippen molar-refractivity contribution in [3.63, 3.8) is 0 Å². The monoisotopic (exact) mass is 651 g/mol. The first-order valence-electron chi connectivity index (χ1n) is 13.2. The van der Waals surface area contributed by atoms with Crippen molar-refractivity contribution >= 4 is 32.1 Å². The van der Waals surface area contributed by atoms with Crippen LogP contribution in [0.1, 0.15) is 46.0 Å². The molecular weight excluding hydrogens is 617 g/mol. The van der Waals surface area contributed by atoms with Gasteiger partial charge in [-0.05, 0) is 24.1 Å². The van der Waals surface area contributed by atoms with Crippen molar-refractivity contribution in [2.24, 2.45) is 0 Å². The molecule has 40 heavy (non-hydrogen) atoms. The number of halogens is 1. The number of ether oxygens (including phenoxy) is 1. The molecule has 0 atom stereocenters. The van der Waals surface area contributed by atoms with Crippen LogP contribution in [0.2, 0.25) is 0 Å². The van der Waals surface area contributed by atoms with Crippen LogP contribution in [0.3, 0.4) is 0 Å². The Bertz CT molecular complexity index is 1410. The minimum atomic E-state index is -1.58. The van der Waals surface area contributed by atoms with E-state index in [0.29, 0.717) is 36.4 Å². The van der Waals surface area contributed by atoms with Crippen LogP contribution in [-0.4, -0.2) is 44.9 Å². The summed E-state index contributed by atoms with van der Waals surface area (Å²) in [5.74, 6) is 0.141. The van der Waals surface area contributed by atoms with Crippen molar-refractivity contribution in [1.29, 1.82) is 0 Å². The van der Waals surface area contributed by atoms with E-state index in [0.717, 1.165) is 40.7 Å². The number of alkyl halides is 2. The van der Waals surface area contributed by atoms with E-state index in [-0.39, 0.29) is 11.9 Å². The van der Waals surface area contributed by atoms with Crippen LogP contribution in [0.15, 0.2) is 85.5 Å². The Morgan fingerprint density at radius 3 is 2.15 bits per heavy atom. The Labute approximate surface area is 243 Å². The molecule has 7 nitrogen and oxygen atoms in total. The van der Waals surface area contributed by atoms with Gasteiger partial charge in [0.05, 0.1) is 12.2 Å². The molecule has 0 aliphatic rings.